The summed E-state index contributed by atoms with van der Waals surface area (Å²) in [7, 11) is 0. The molecule has 260 valence electrons. The van der Waals surface area contributed by atoms with Crippen LogP contribution in [0, 0.1) is 0 Å². The quantitative estimate of drug-likeness (QED) is 0.181. The first-order valence-electron chi connectivity index (χ1n) is 18.8. The Hall–Kier alpha value is -7.63. The number of hydrogen-bond acceptors (Lipinski definition) is 5. The van der Waals surface area contributed by atoms with Gasteiger partial charge in [0.15, 0.2) is 17.5 Å². The van der Waals surface area contributed by atoms with E-state index in [4.69, 9.17) is 23.8 Å². The molecule has 0 N–H and O–H groups in total. The average Bonchev–Trinajstić information content (AvgIpc) is 3.85. The van der Waals surface area contributed by atoms with E-state index in [0.29, 0.717) is 17.5 Å². The second kappa shape index (κ2) is 11.9. The maximum Gasteiger partial charge on any atom is 0.164 e. The van der Waals surface area contributed by atoms with Gasteiger partial charge >= 0.3 is 0 Å². The highest BCUT2D eigenvalue weighted by Gasteiger charge is 2.23. The van der Waals surface area contributed by atoms with Crippen LogP contribution in [0.1, 0.15) is 0 Å². The lowest BCUT2D eigenvalue weighted by molar-refractivity contribution is 0.668. The summed E-state index contributed by atoms with van der Waals surface area (Å²) in [6.07, 6.45) is 0. The van der Waals surface area contributed by atoms with Gasteiger partial charge in [0, 0.05) is 43.8 Å². The standard InChI is InChI=1S/C51H29N3O2/c1-3-13-32-27-34(23-21-30(32)11-1)49-52-50(35-24-22-31-12-2-4-14-33(31)28-35)54-51(53-49)41-26-25-38(48-47(41)40-18-8-10-20-44(40)56-48)42-29-45-46(37-16-6-5-15-36(37)42)39-17-7-9-19-43(39)55-45/h1-29H. The second-order valence-corrected chi connectivity index (χ2v) is 14.3. The van der Waals surface area contributed by atoms with Crippen LogP contribution in [0.2, 0.25) is 0 Å². The lowest BCUT2D eigenvalue weighted by atomic mass is 9.92. The van der Waals surface area contributed by atoms with Crippen molar-refractivity contribution in [2.75, 3.05) is 0 Å². The Kier molecular flexibility index (Phi) is 6.56. The van der Waals surface area contributed by atoms with Gasteiger partial charge in [-0.2, -0.15) is 0 Å². The molecular weight excluding hydrogens is 687 g/mol. The van der Waals surface area contributed by atoms with Gasteiger partial charge in [0.05, 0.1) is 0 Å². The van der Waals surface area contributed by atoms with E-state index in [0.717, 1.165) is 104 Å². The maximum atomic E-state index is 6.84. The van der Waals surface area contributed by atoms with E-state index >= 15 is 0 Å². The molecule has 0 amide bonds. The number of fused-ring (bicyclic) bond motifs is 10. The minimum atomic E-state index is 0.576. The Labute approximate surface area is 320 Å². The first kappa shape index (κ1) is 30.8. The van der Waals surface area contributed by atoms with Gasteiger partial charge in [0.2, 0.25) is 0 Å². The van der Waals surface area contributed by atoms with E-state index < -0.39 is 0 Å². The smallest absolute Gasteiger partial charge is 0.164 e. The van der Waals surface area contributed by atoms with Crippen molar-refractivity contribution in [3.8, 4) is 45.3 Å². The molecule has 0 saturated carbocycles. The van der Waals surface area contributed by atoms with E-state index in [2.05, 4.69) is 152 Å². The zero-order chi connectivity index (χ0) is 36.7. The lowest BCUT2D eigenvalue weighted by Crippen LogP contribution is -2.01. The third-order valence-corrected chi connectivity index (χ3v) is 11.1. The summed E-state index contributed by atoms with van der Waals surface area (Å²) in [6.45, 7) is 0. The van der Waals surface area contributed by atoms with Crippen LogP contribution < -0.4 is 0 Å². The van der Waals surface area contributed by atoms with Crippen molar-refractivity contribution >= 4 is 76.2 Å². The van der Waals surface area contributed by atoms with Crippen molar-refractivity contribution in [3.63, 3.8) is 0 Å². The largest absolute Gasteiger partial charge is 0.456 e. The van der Waals surface area contributed by atoms with Crippen LogP contribution in [0.4, 0.5) is 0 Å². The number of furan rings is 2. The third-order valence-electron chi connectivity index (χ3n) is 11.1. The first-order chi connectivity index (χ1) is 27.7. The molecule has 9 aromatic carbocycles. The Morgan fingerprint density at radius 2 is 0.804 bits per heavy atom. The lowest BCUT2D eigenvalue weighted by Gasteiger charge is -2.13. The highest BCUT2D eigenvalue weighted by molar-refractivity contribution is 6.24. The zero-order valence-electron chi connectivity index (χ0n) is 29.9. The molecule has 0 unspecified atom stereocenters. The molecule has 0 aliphatic heterocycles. The first-order valence-corrected chi connectivity index (χ1v) is 18.8. The normalized spacial score (nSPS) is 11.9. The highest BCUT2D eigenvalue weighted by atomic mass is 16.3. The number of benzene rings is 9. The monoisotopic (exact) mass is 715 g/mol. The van der Waals surface area contributed by atoms with Crippen LogP contribution in [-0.4, -0.2) is 15.0 Å². The fraction of sp³-hybridized carbons (Fsp3) is 0. The summed E-state index contributed by atoms with van der Waals surface area (Å²) in [4.78, 5) is 15.6. The molecule has 56 heavy (non-hydrogen) atoms. The number of para-hydroxylation sites is 2. The van der Waals surface area contributed by atoms with Crippen molar-refractivity contribution < 1.29 is 8.83 Å². The summed E-state index contributed by atoms with van der Waals surface area (Å²) in [6, 6.07) is 60.9. The molecule has 0 atom stereocenters. The number of hydrogen-bond donors (Lipinski definition) is 0. The second-order valence-electron chi connectivity index (χ2n) is 14.3. The highest BCUT2D eigenvalue weighted by Crippen LogP contribution is 2.46. The molecule has 5 heteroatoms. The predicted octanol–water partition coefficient (Wildman–Crippen LogP) is 13.8. The average molecular weight is 716 g/mol. The van der Waals surface area contributed by atoms with Gasteiger partial charge in [0.1, 0.15) is 22.3 Å². The Morgan fingerprint density at radius 3 is 1.46 bits per heavy atom. The fourth-order valence-corrected chi connectivity index (χ4v) is 8.45. The minimum absolute atomic E-state index is 0.576. The fourth-order valence-electron chi connectivity index (χ4n) is 8.45. The minimum Gasteiger partial charge on any atom is -0.456 e. The van der Waals surface area contributed by atoms with E-state index in [9.17, 15) is 0 Å². The number of rotatable bonds is 4. The number of nitrogens with zero attached hydrogens (tertiary/aromatic N) is 3. The summed E-state index contributed by atoms with van der Waals surface area (Å²) in [5.41, 5.74) is 7.99. The molecule has 5 nitrogen and oxygen atoms in total. The van der Waals surface area contributed by atoms with Crippen LogP contribution in [0.25, 0.3) is 121 Å². The molecule has 3 heterocycles. The van der Waals surface area contributed by atoms with Crippen LogP contribution in [0.5, 0.6) is 0 Å². The van der Waals surface area contributed by atoms with Crippen molar-refractivity contribution in [1.82, 2.24) is 15.0 Å². The van der Waals surface area contributed by atoms with Gasteiger partial charge in [0.25, 0.3) is 0 Å². The molecule has 0 aliphatic carbocycles. The van der Waals surface area contributed by atoms with E-state index in [1.54, 1.807) is 0 Å². The van der Waals surface area contributed by atoms with Crippen LogP contribution in [0.15, 0.2) is 185 Å². The van der Waals surface area contributed by atoms with Crippen molar-refractivity contribution in [1.29, 1.82) is 0 Å². The zero-order valence-corrected chi connectivity index (χ0v) is 29.9. The van der Waals surface area contributed by atoms with Gasteiger partial charge in [-0.1, -0.05) is 133 Å². The SMILES string of the molecule is c1ccc2cc(-c3nc(-c4ccc5ccccc5c4)nc(-c4ccc(-c5cc6oc7ccccc7c6c6ccccc56)c5oc6ccccc6c45)n3)ccc2c1. The van der Waals surface area contributed by atoms with Gasteiger partial charge < -0.3 is 8.83 Å². The topological polar surface area (TPSA) is 65.0 Å². The molecule has 0 radical (unpaired) electrons. The molecule has 0 saturated heterocycles. The van der Waals surface area contributed by atoms with E-state index in [1.165, 1.54) is 0 Å². The molecule has 0 fully saturated rings. The Balaban J connectivity index is 1.13. The Bertz CT molecular complexity index is 3460. The van der Waals surface area contributed by atoms with Gasteiger partial charge in [-0.3, -0.25) is 0 Å². The molecule has 0 bridgehead atoms. The van der Waals surface area contributed by atoms with Gasteiger partial charge in [-0.15, -0.1) is 0 Å². The van der Waals surface area contributed by atoms with Crippen LogP contribution in [0.3, 0.4) is 0 Å². The van der Waals surface area contributed by atoms with E-state index in [1.807, 2.05) is 24.3 Å². The third kappa shape index (κ3) is 4.71. The van der Waals surface area contributed by atoms with Crippen molar-refractivity contribution in [2.45, 2.75) is 0 Å². The Morgan fingerprint density at radius 1 is 0.304 bits per heavy atom. The molecule has 0 aliphatic rings. The van der Waals surface area contributed by atoms with E-state index in [-0.39, 0.29) is 0 Å². The van der Waals surface area contributed by atoms with Crippen LogP contribution in [-0.2, 0) is 0 Å². The molecule has 12 rings (SSSR count). The molecular formula is C51H29N3O2. The summed E-state index contributed by atoms with van der Waals surface area (Å²) in [5, 5.41) is 11.0. The van der Waals surface area contributed by atoms with Gasteiger partial charge in [-0.25, -0.2) is 15.0 Å². The maximum absolute atomic E-state index is 6.84. The summed E-state index contributed by atoms with van der Waals surface area (Å²) >= 11 is 0. The summed E-state index contributed by atoms with van der Waals surface area (Å²) < 4.78 is 13.3. The molecule has 3 aromatic heterocycles. The van der Waals surface area contributed by atoms with Crippen LogP contribution >= 0.6 is 0 Å². The van der Waals surface area contributed by atoms with Crippen molar-refractivity contribution in [2.24, 2.45) is 0 Å². The number of aromatic nitrogens is 3. The molecule has 0 spiro atoms. The predicted molar refractivity (Wildman–Crippen MR) is 229 cm³/mol. The molecule has 12 aromatic rings. The summed E-state index contributed by atoms with van der Waals surface area (Å²) in [5.74, 6) is 1.79. The van der Waals surface area contributed by atoms with Gasteiger partial charge in [-0.05, 0) is 80.3 Å². The van der Waals surface area contributed by atoms with Crippen molar-refractivity contribution in [3.05, 3.63) is 176 Å².